The Hall–Kier alpha value is -1.10. The van der Waals surface area contributed by atoms with Gasteiger partial charge in [0.2, 0.25) is 5.91 Å². The number of carbonyl (C=O) groups excluding carboxylic acids is 1. The molecule has 0 spiro atoms. The Kier molecular flexibility index (Phi) is 3.68. The average Bonchev–Trinajstić information content (AvgIpc) is 2.11. The maximum absolute atomic E-state index is 11.5. The molecule has 1 amide bonds. The number of carboxylic acids is 1. The smallest absolute Gasteiger partial charge is 0.329 e. The second-order valence-electron chi connectivity index (χ2n) is 4.27. The lowest BCUT2D eigenvalue weighted by atomic mass is 9.95. The summed E-state index contributed by atoms with van der Waals surface area (Å²) in [6.45, 7) is 4.98. The van der Waals surface area contributed by atoms with Gasteiger partial charge in [-0.3, -0.25) is 4.79 Å². The Morgan fingerprint density at radius 1 is 1.53 bits per heavy atom. The lowest BCUT2D eigenvalue weighted by molar-refractivity contribution is -0.147. The van der Waals surface area contributed by atoms with Crippen LogP contribution in [0.2, 0.25) is 0 Å². The predicted molar refractivity (Wildman–Crippen MR) is 55.5 cm³/mol. The molecule has 86 valence electrons. The lowest BCUT2D eigenvalue weighted by Gasteiger charge is -2.29. The van der Waals surface area contributed by atoms with E-state index in [-0.39, 0.29) is 5.91 Å². The molecule has 3 N–H and O–H groups in total. The van der Waals surface area contributed by atoms with Crippen LogP contribution >= 0.6 is 0 Å². The predicted octanol–water partition coefficient (Wildman–Crippen LogP) is -0.0346. The number of nitrogens with one attached hydrogen (secondary N) is 2. The molecule has 0 aromatic rings. The minimum atomic E-state index is -1.13. The highest BCUT2D eigenvalue weighted by molar-refractivity contribution is 5.86. The van der Waals surface area contributed by atoms with E-state index in [4.69, 9.17) is 5.11 Å². The van der Waals surface area contributed by atoms with E-state index < -0.39 is 11.5 Å². The number of hydrogen-bond donors (Lipinski definition) is 3. The number of hydrogen-bond acceptors (Lipinski definition) is 3. The molecule has 1 fully saturated rings. The van der Waals surface area contributed by atoms with Gasteiger partial charge in [-0.2, -0.15) is 0 Å². The van der Waals surface area contributed by atoms with Crippen LogP contribution < -0.4 is 10.6 Å². The van der Waals surface area contributed by atoms with Crippen LogP contribution in [0.4, 0.5) is 0 Å². The van der Waals surface area contributed by atoms with Gasteiger partial charge < -0.3 is 15.7 Å². The van der Waals surface area contributed by atoms with Crippen molar-refractivity contribution in [3.05, 3.63) is 0 Å². The molecule has 1 atom stereocenters. The van der Waals surface area contributed by atoms with Gasteiger partial charge in [-0.25, -0.2) is 4.79 Å². The van der Waals surface area contributed by atoms with E-state index >= 15 is 0 Å². The third kappa shape index (κ3) is 2.92. The Morgan fingerprint density at radius 3 is 2.47 bits per heavy atom. The largest absolute Gasteiger partial charge is 0.480 e. The van der Waals surface area contributed by atoms with Gasteiger partial charge in [0.15, 0.2) is 0 Å². The zero-order valence-electron chi connectivity index (χ0n) is 9.17. The Balaban J connectivity index is 2.43. The standard InChI is InChI=1S/C10H18N2O3/c1-3-10(2,9(14)15)12-8(13)4-7-5-11-6-7/h7,11H,3-6H2,1-2H3,(H,12,13)(H,14,15). The van der Waals surface area contributed by atoms with Crippen molar-refractivity contribution < 1.29 is 14.7 Å². The zero-order valence-corrected chi connectivity index (χ0v) is 9.17. The van der Waals surface area contributed by atoms with Crippen molar-refractivity contribution in [2.45, 2.75) is 32.2 Å². The van der Waals surface area contributed by atoms with Crippen LogP contribution in [0.25, 0.3) is 0 Å². The molecule has 1 rings (SSSR count). The van der Waals surface area contributed by atoms with Gasteiger partial charge in [0.25, 0.3) is 0 Å². The Labute approximate surface area is 89.2 Å². The van der Waals surface area contributed by atoms with Crippen LogP contribution in [-0.2, 0) is 9.59 Å². The van der Waals surface area contributed by atoms with E-state index in [2.05, 4.69) is 10.6 Å². The van der Waals surface area contributed by atoms with E-state index in [0.29, 0.717) is 18.8 Å². The van der Waals surface area contributed by atoms with Crippen LogP contribution in [-0.4, -0.2) is 35.6 Å². The first-order valence-corrected chi connectivity index (χ1v) is 5.23. The van der Waals surface area contributed by atoms with Gasteiger partial charge in [0, 0.05) is 6.42 Å². The summed E-state index contributed by atoms with van der Waals surface area (Å²) in [5, 5.41) is 14.6. The topological polar surface area (TPSA) is 78.4 Å². The number of rotatable bonds is 5. The fraction of sp³-hybridized carbons (Fsp3) is 0.800. The van der Waals surface area contributed by atoms with E-state index in [1.807, 2.05) is 0 Å². The van der Waals surface area contributed by atoms with Gasteiger partial charge in [-0.1, -0.05) is 6.92 Å². The third-order valence-electron chi connectivity index (χ3n) is 2.93. The molecule has 1 aliphatic rings. The minimum absolute atomic E-state index is 0.173. The Morgan fingerprint density at radius 2 is 2.13 bits per heavy atom. The normalized spacial score (nSPS) is 20.1. The molecule has 0 bridgehead atoms. The van der Waals surface area contributed by atoms with Crippen molar-refractivity contribution in [1.29, 1.82) is 0 Å². The molecule has 1 aliphatic heterocycles. The van der Waals surface area contributed by atoms with Crippen LogP contribution in [0.3, 0.4) is 0 Å². The lowest BCUT2D eigenvalue weighted by Crippen LogP contribution is -2.53. The molecule has 5 heteroatoms. The summed E-state index contributed by atoms with van der Waals surface area (Å²) in [4.78, 5) is 22.5. The molecular weight excluding hydrogens is 196 g/mol. The van der Waals surface area contributed by atoms with Crippen molar-refractivity contribution in [3.63, 3.8) is 0 Å². The number of aliphatic carboxylic acids is 1. The molecule has 1 heterocycles. The summed E-state index contributed by atoms with van der Waals surface area (Å²) in [6, 6.07) is 0. The minimum Gasteiger partial charge on any atom is -0.480 e. The first kappa shape index (κ1) is 12.0. The second kappa shape index (κ2) is 4.61. The van der Waals surface area contributed by atoms with E-state index in [1.165, 1.54) is 6.92 Å². The first-order valence-electron chi connectivity index (χ1n) is 5.23. The van der Waals surface area contributed by atoms with Gasteiger partial charge in [0.05, 0.1) is 0 Å². The second-order valence-corrected chi connectivity index (χ2v) is 4.27. The average molecular weight is 214 g/mol. The van der Waals surface area contributed by atoms with E-state index in [1.54, 1.807) is 6.92 Å². The van der Waals surface area contributed by atoms with Crippen molar-refractivity contribution in [1.82, 2.24) is 10.6 Å². The van der Waals surface area contributed by atoms with E-state index in [0.717, 1.165) is 13.1 Å². The third-order valence-corrected chi connectivity index (χ3v) is 2.93. The van der Waals surface area contributed by atoms with Crippen molar-refractivity contribution in [3.8, 4) is 0 Å². The molecule has 1 saturated heterocycles. The molecule has 0 aromatic carbocycles. The maximum atomic E-state index is 11.5. The van der Waals surface area contributed by atoms with Crippen molar-refractivity contribution >= 4 is 11.9 Å². The van der Waals surface area contributed by atoms with Gasteiger partial charge in [-0.15, -0.1) is 0 Å². The van der Waals surface area contributed by atoms with Crippen molar-refractivity contribution in [2.75, 3.05) is 13.1 Å². The van der Waals surface area contributed by atoms with Gasteiger partial charge in [-0.05, 0) is 32.4 Å². The maximum Gasteiger partial charge on any atom is 0.329 e. The molecular formula is C10H18N2O3. The highest BCUT2D eigenvalue weighted by atomic mass is 16.4. The fourth-order valence-electron chi connectivity index (χ4n) is 1.41. The van der Waals surface area contributed by atoms with Gasteiger partial charge in [0.1, 0.15) is 5.54 Å². The Bertz CT molecular complexity index is 263. The summed E-state index contributed by atoms with van der Waals surface area (Å²) < 4.78 is 0. The number of amides is 1. The molecule has 15 heavy (non-hydrogen) atoms. The molecule has 0 radical (unpaired) electrons. The quantitative estimate of drug-likeness (QED) is 0.600. The summed E-state index contributed by atoms with van der Waals surface area (Å²) in [5.41, 5.74) is -1.13. The highest BCUT2D eigenvalue weighted by Gasteiger charge is 2.33. The molecule has 1 unspecified atom stereocenters. The van der Waals surface area contributed by atoms with Crippen LogP contribution in [0.5, 0.6) is 0 Å². The first-order chi connectivity index (χ1) is 6.98. The van der Waals surface area contributed by atoms with Crippen LogP contribution in [0.15, 0.2) is 0 Å². The monoisotopic (exact) mass is 214 g/mol. The fourth-order valence-corrected chi connectivity index (χ4v) is 1.41. The molecule has 5 nitrogen and oxygen atoms in total. The summed E-state index contributed by atoms with van der Waals surface area (Å²) >= 11 is 0. The molecule has 0 aromatic heterocycles. The summed E-state index contributed by atoms with van der Waals surface area (Å²) in [5.74, 6) is -0.793. The number of carboxylic acid groups (broad SMARTS) is 1. The van der Waals surface area contributed by atoms with Gasteiger partial charge >= 0.3 is 5.97 Å². The SMILES string of the molecule is CCC(C)(NC(=O)CC1CNC1)C(=O)O. The van der Waals surface area contributed by atoms with E-state index in [9.17, 15) is 9.59 Å². The van der Waals surface area contributed by atoms with Crippen molar-refractivity contribution in [2.24, 2.45) is 5.92 Å². The van der Waals surface area contributed by atoms with Crippen LogP contribution in [0, 0.1) is 5.92 Å². The molecule has 0 saturated carbocycles. The highest BCUT2D eigenvalue weighted by Crippen LogP contribution is 2.12. The number of carbonyl (C=O) groups is 2. The summed E-state index contributed by atoms with van der Waals surface area (Å²) in [6.07, 6.45) is 0.798. The van der Waals surface area contributed by atoms with Crippen LogP contribution in [0.1, 0.15) is 26.7 Å². The summed E-state index contributed by atoms with van der Waals surface area (Å²) in [7, 11) is 0. The molecule has 0 aliphatic carbocycles. The zero-order chi connectivity index (χ0) is 11.5.